The number of benzene rings is 1. The van der Waals surface area contributed by atoms with Gasteiger partial charge in [-0.25, -0.2) is 4.98 Å². The molecule has 0 aliphatic carbocycles. The maximum absolute atomic E-state index is 6.13. The van der Waals surface area contributed by atoms with Gasteiger partial charge >= 0.3 is 0 Å². The fraction of sp³-hybridized carbons (Fsp3) is 0.235. The predicted molar refractivity (Wildman–Crippen MR) is 89.1 cm³/mol. The van der Waals surface area contributed by atoms with Crippen LogP contribution in [0.15, 0.2) is 42.6 Å². The van der Waals surface area contributed by atoms with Crippen molar-refractivity contribution in [1.29, 1.82) is 0 Å². The fourth-order valence-corrected chi connectivity index (χ4v) is 2.50. The van der Waals surface area contributed by atoms with Crippen LogP contribution in [0, 0.1) is 6.92 Å². The van der Waals surface area contributed by atoms with Crippen LogP contribution < -0.4 is 5.32 Å². The summed E-state index contributed by atoms with van der Waals surface area (Å²) in [5, 5.41) is 4.17. The van der Waals surface area contributed by atoms with Crippen LogP contribution in [0.25, 0.3) is 16.9 Å². The van der Waals surface area contributed by atoms with Gasteiger partial charge in [-0.05, 0) is 32.9 Å². The minimum atomic E-state index is 0.313. The van der Waals surface area contributed by atoms with E-state index in [1.165, 1.54) is 5.56 Å². The van der Waals surface area contributed by atoms with Crippen LogP contribution in [0.4, 0.5) is 5.82 Å². The number of aromatic nitrogens is 2. The Labute approximate surface area is 129 Å². The van der Waals surface area contributed by atoms with E-state index in [2.05, 4.69) is 50.4 Å². The SMILES string of the molecule is Cc1ccc(-c2nc3ccc(Cl)cn3c2NC(C)C)cc1. The quantitative estimate of drug-likeness (QED) is 0.754. The minimum Gasteiger partial charge on any atom is -0.367 e. The molecule has 0 saturated carbocycles. The zero-order valence-corrected chi connectivity index (χ0v) is 13.1. The van der Waals surface area contributed by atoms with Gasteiger partial charge in [-0.1, -0.05) is 41.4 Å². The number of hydrogen-bond donors (Lipinski definition) is 1. The lowest BCUT2D eigenvalue weighted by molar-refractivity contribution is 0.885. The fourth-order valence-electron chi connectivity index (χ4n) is 2.34. The highest BCUT2D eigenvalue weighted by atomic mass is 35.5. The van der Waals surface area contributed by atoms with Crippen molar-refractivity contribution in [2.75, 3.05) is 5.32 Å². The van der Waals surface area contributed by atoms with Crippen LogP contribution in [0.3, 0.4) is 0 Å². The summed E-state index contributed by atoms with van der Waals surface area (Å²) in [6.07, 6.45) is 1.90. The Morgan fingerprint density at radius 3 is 2.48 bits per heavy atom. The average Bonchev–Trinajstić information content (AvgIpc) is 2.77. The molecular weight excluding hydrogens is 282 g/mol. The number of rotatable bonds is 3. The lowest BCUT2D eigenvalue weighted by atomic mass is 10.1. The van der Waals surface area contributed by atoms with Crippen molar-refractivity contribution in [2.45, 2.75) is 26.8 Å². The summed E-state index contributed by atoms with van der Waals surface area (Å²) in [4.78, 5) is 4.75. The molecule has 3 rings (SSSR count). The molecule has 0 spiro atoms. The molecule has 0 unspecified atom stereocenters. The molecule has 0 saturated heterocycles. The molecule has 0 radical (unpaired) electrons. The number of imidazole rings is 1. The Morgan fingerprint density at radius 2 is 1.81 bits per heavy atom. The van der Waals surface area contributed by atoms with Crippen molar-refractivity contribution in [3.63, 3.8) is 0 Å². The number of nitrogens with one attached hydrogen (secondary N) is 1. The Hall–Kier alpha value is -2.00. The van der Waals surface area contributed by atoms with Crippen LogP contribution in [0.5, 0.6) is 0 Å². The van der Waals surface area contributed by atoms with Gasteiger partial charge in [0, 0.05) is 17.8 Å². The molecule has 0 fully saturated rings. The van der Waals surface area contributed by atoms with Gasteiger partial charge in [0.25, 0.3) is 0 Å². The molecule has 3 aromatic rings. The summed E-state index contributed by atoms with van der Waals surface area (Å²) < 4.78 is 2.01. The maximum atomic E-state index is 6.13. The molecule has 4 heteroatoms. The van der Waals surface area contributed by atoms with Crippen LogP contribution in [0.2, 0.25) is 5.02 Å². The van der Waals surface area contributed by atoms with Crippen LogP contribution in [-0.4, -0.2) is 15.4 Å². The average molecular weight is 300 g/mol. The van der Waals surface area contributed by atoms with Gasteiger partial charge in [0.15, 0.2) is 0 Å². The minimum absolute atomic E-state index is 0.313. The summed E-state index contributed by atoms with van der Waals surface area (Å²) in [5.41, 5.74) is 4.18. The van der Waals surface area contributed by atoms with Crippen LogP contribution in [0.1, 0.15) is 19.4 Å². The van der Waals surface area contributed by atoms with E-state index in [4.69, 9.17) is 16.6 Å². The molecular formula is C17H18ClN3. The Morgan fingerprint density at radius 1 is 1.10 bits per heavy atom. The second-order valence-corrected chi connectivity index (χ2v) is 5.99. The molecule has 1 N–H and O–H groups in total. The van der Waals surface area contributed by atoms with Crippen molar-refractivity contribution >= 4 is 23.1 Å². The number of nitrogens with zero attached hydrogens (tertiary/aromatic N) is 2. The van der Waals surface area contributed by atoms with Crippen molar-refractivity contribution in [1.82, 2.24) is 9.38 Å². The molecule has 3 nitrogen and oxygen atoms in total. The zero-order chi connectivity index (χ0) is 15.0. The number of pyridine rings is 1. The number of halogens is 1. The molecule has 0 bridgehead atoms. The van der Waals surface area contributed by atoms with E-state index >= 15 is 0 Å². The number of aryl methyl sites for hydroxylation is 1. The van der Waals surface area contributed by atoms with E-state index in [9.17, 15) is 0 Å². The van der Waals surface area contributed by atoms with Crippen LogP contribution in [-0.2, 0) is 0 Å². The van der Waals surface area contributed by atoms with Gasteiger partial charge in [-0.3, -0.25) is 4.40 Å². The molecule has 0 aliphatic heterocycles. The van der Waals surface area contributed by atoms with E-state index in [1.807, 2.05) is 22.7 Å². The molecule has 21 heavy (non-hydrogen) atoms. The Balaban J connectivity index is 2.22. The third kappa shape index (κ3) is 2.74. The van der Waals surface area contributed by atoms with Gasteiger partial charge < -0.3 is 5.32 Å². The molecule has 108 valence electrons. The standard InChI is InChI=1S/C17H18ClN3/c1-11(2)19-17-16(13-6-4-12(3)5-7-13)20-15-9-8-14(18)10-21(15)17/h4-11,19H,1-3H3. The Kier molecular flexibility index (Phi) is 3.60. The van der Waals surface area contributed by atoms with Gasteiger partial charge in [0.2, 0.25) is 0 Å². The lowest BCUT2D eigenvalue weighted by Crippen LogP contribution is -2.12. The highest BCUT2D eigenvalue weighted by molar-refractivity contribution is 6.30. The first kappa shape index (κ1) is 14.0. The van der Waals surface area contributed by atoms with Crippen molar-refractivity contribution in [3.05, 3.63) is 53.2 Å². The molecule has 1 aromatic carbocycles. The second-order valence-electron chi connectivity index (χ2n) is 5.55. The van der Waals surface area contributed by atoms with Gasteiger partial charge in [-0.15, -0.1) is 0 Å². The molecule has 0 atom stereocenters. The summed E-state index contributed by atoms with van der Waals surface area (Å²) in [6.45, 7) is 6.31. The lowest BCUT2D eigenvalue weighted by Gasteiger charge is -2.12. The van der Waals surface area contributed by atoms with E-state index in [1.54, 1.807) is 0 Å². The largest absolute Gasteiger partial charge is 0.367 e. The smallest absolute Gasteiger partial charge is 0.139 e. The van der Waals surface area contributed by atoms with Crippen molar-refractivity contribution in [2.24, 2.45) is 0 Å². The third-order valence-corrected chi connectivity index (χ3v) is 3.56. The number of anilines is 1. The second kappa shape index (κ2) is 5.41. The van der Waals surface area contributed by atoms with Crippen molar-refractivity contribution in [3.8, 4) is 11.3 Å². The van der Waals surface area contributed by atoms with Gasteiger partial charge in [0.05, 0.1) is 5.02 Å². The monoisotopic (exact) mass is 299 g/mol. The number of fused-ring (bicyclic) bond motifs is 1. The summed E-state index contributed by atoms with van der Waals surface area (Å²) >= 11 is 6.13. The highest BCUT2D eigenvalue weighted by Crippen LogP contribution is 2.30. The first-order valence-corrected chi connectivity index (χ1v) is 7.43. The van der Waals surface area contributed by atoms with E-state index in [0.29, 0.717) is 11.1 Å². The van der Waals surface area contributed by atoms with Crippen LogP contribution >= 0.6 is 11.6 Å². The normalized spacial score (nSPS) is 11.3. The third-order valence-electron chi connectivity index (χ3n) is 3.33. The predicted octanol–water partition coefficient (Wildman–Crippen LogP) is 4.78. The molecule has 0 aliphatic rings. The van der Waals surface area contributed by atoms with Crippen molar-refractivity contribution < 1.29 is 0 Å². The van der Waals surface area contributed by atoms with Gasteiger partial charge in [0.1, 0.15) is 17.2 Å². The van der Waals surface area contributed by atoms with E-state index in [0.717, 1.165) is 22.7 Å². The summed E-state index contributed by atoms with van der Waals surface area (Å²) in [7, 11) is 0. The van der Waals surface area contributed by atoms with E-state index in [-0.39, 0.29) is 0 Å². The molecule has 0 amide bonds. The van der Waals surface area contributed by atoms with E-state index < -0.39 is 0 Å². The molecule has 2 heterocycles. The maximum Gasteiger partial charge on any atom is 0.139 e. The summed E-state index contributed by atoms with van der Waals surface area (Å²) in [6, 6.07) is 12.5. The van der Waals surface area contributed by atoms with Gasteiger partial charge in [-0.2, -0.15) is 0 Å². The molecule has 2 aromatic heterocycles. The Bertz CT molecular complexity index is 773. The summed E-state index contributed by atoms with van der Waals surface area (Å²) in [5.74, 6) is 0.978. The topological polar surface area (TPSA) is 29.3 Å². The number of hydrogen-bond acceptors (Lipinski definition) is 2. The first-order chi connectivity index (χ1) is 10.0. The first-order valence-electron chi connectivity index (χ1n) is 7.06. The highest BCUT2D eigenvalue weighted by Gasteiger charge is 2.14. The zero-order valence-electron chi connectivity index (χ0n) is 12.4.